The molecule has 0 spiro atoms. The molecule has 12 N–H and O–H groups in total. The summed E-state index contributed by atoms with van der Waals surface area (Å²) in [6.07, 6.45) is 9.87. The van der Waals surface area contributed by atoms with E-state index < -0.39 is 29.9 Å². The predicted octanol–water partition coefficient (Wildman–Crippen LogP) is 0.692. The summed E-state index contributed by atoms with van der Waals surface area (Å²) in [6, 6.07) is 6.67. The fraction of sp³-hybridized carbons (Fsp3) is 0.667. The Morgan fingerprint density at radius 1 is 0.717 bits per heavy atom. The standard InChI is InChI=1S/C33H57N9O4/c34-19-9-7-16-27(40-29(43)22-24-12-3-1-4-13-24)31(45)42-28(17-8-10-20-35)32(46)41-26(18-11-21-38-33(36)37)30(44)39-23-25-14-5-2-6-15-25/h1,3-4,12-13,25-28H,2,5-11,14-23,34-35H2,(H,39,44)(H,40,43)(H,41,46)(H,42,45)(H4,36,37,38)/t26-,27-,28-/m0/s1. The van der Waals surface area contributed by atoms with E-state index in [1.807, 2.05) is 30.3 Å². The van der Waals surface area contributed by atoms with Crippen LogP contribution in [0.2, 0.25) is 0 Å². The molecule has 1 fully saturated rings. The monoisotopic (exact) mass is 643 g/mol. The average molecular weight is 644 g/mol. The van der Waals surface area contributed by atoms with E-state index >= 15 is 0 Å². The van der Waals surface area contributed by atoms with Gasteiger partial charge < -0.3 is 44.2 Å². The van der Waals surface area contributed by atoms with Crippen molar-refractivity contribution in [1.29, 1.82) is 0 Å². The van der Waals surface area contributed by atoms with Gasteiger partial charge in [0, 0.05) is 13.1 Å². The van der Waals surface area contributed by atoms with Gasteiger partial charge in [-0.2, -0.15) is 0 Å². The van der Waals surface area contributed by atoms with Crippen molar-refractivity contribution in [3.05, 3.63) is 35.9 Å². The second-order valence-corrected chi connectivity index (χ2v) is 12.2. The SMILES string of the molecule is NCCCC[C@H](NC(=O)Cc1ccccc1)C(=O)N[C@@H](CCCCN)C(=O)N[C@@H](CCCN=C(N)N)C(=O)NCC1CCCCC1. The number of nitrogens with two attached hydrogens (primary N) is 4. The number of amides is 4. The Morgan fingerprint density at radius 3 is 1.83 bits per heavy atom. The van der Waals surface area contributed by atoms with Crippen LogP contribution in [0, 0.1) is 5.92 Å². The molecule has 0 aromatic heterocycles. The van der Waals surface area contributed by atoms with Gasteiger partial charge in [-0.25, -0.2) is 0 Å². The number of guanidine groups is 1. The van der Waals surface area contributed by atoms with Crippen molar-refractivity contribution >= 4 is 29.6 Å². The lowest BCUT2D eigenvalue weighted by Crippen LogP contribution is -2.57. The lowest BCUT2D eigenvalue weighted by Gasteiger charge is -2.26. The fourth-order valence-corrected chi connectivity index (χ4v) is 5.63. The first-order valence-corrected chi connectivity index (χ1v) is 16.9. The van der Waals surface area contributed by atoms with Crippen LogP contribution in [0.15, 0.2) is 35.3 Å². The predicted molar refractivity (Wildman–Crippen MR) is 181 cm³/mol. The van der Waals surface area contributed by atoms with Gasteiger partial charge in [0.05, 0.1) is 6.42 Å². The number of nitrogens with one attached hydrogen (secondary N) is 4. The maximum atomic E-state index is 13.7. The van der Waals surface area contributed by atoms with E-state index in [9.17, 15) is 19.2 Å². The minimum Gasteiger partial charge on any atom is -0.370 e. The minimum absolute atomic E-state index is 0.0399. The van der Waals surface area contributed by atoms with Crippen molar-refractivity contribution in [3.8, 4) is 0 Å². The van der Waals surface area contributed by atoms with E-state index in [4.69, 9.17) is 22.9 Å². The molecule has 0 saturated heterocycles. The Hall–Kier alpha value is -3.71. The van der Waals surface area contributed by atoms with Crippen LogP contribution in [0.5, 0.6) is 0 Å². The highest BCUT2D eigenvalue weighted by Gasteiger charge is 2.29. The molecule has 13 nitrogen and oxygen atoms in total. The smallest absolute Gasteiger partial charge is 0.243 e. The average Bonchev–Trinajstić information content (AvgIpc) is 3.04. The van der Waals surface area contributed by atoms with Gasteiger partial charge in [0.15, 0.2) is 5.96 Å². The van der Waals surface area contributed by atoms with Crippen LogP contribution in [-0.2, 0) is 25.6 Å². The topological polar surface area (TPSA) is 233 Å². The molecule has 3 atom stereocenters. The number of carbonyl (C=O) groups excluding carboxylic acids is 4. The molecule has 1 aliphatic carbocycles. The van der Waals surface area contributed by atoms with E-state index in [1.165, 1.54) is 6.42 Å². The number of rotatable bonds is 22. The Balaban J connectivity index is 2.13. The van der Waals surface area contributed by atoms with Crippen LogP contribution in [0.4, 0.5) is 0 Å². The molecule has 258 valence electrons. The van der Waals surface area contributed by atoms with Crippen LogP contribution in [0.1, 0.15) is 89.0 Å². The number of aliphatic imine (C=N–C) groups is 1. The highest BCUT2D eigenvalue weighted by Crippen LogP contribution is 2.22. The second kappa shape index (κ2) is 22.7. The van der Waals surface area contributed by atoms with Crippen molar-refractivity contribution in [3.63, 3.8) is 0 Å². The Bertz CT molecular complexity index is 1080. The van der Waals surface area contributed by atoms with E-state index in [-0.39, 0.29) is 24.2 Å². The normalized spacial score (nSPS) is 15.2. The zero-order valence-corrected chi connectivity index (χ0v) is 27.3. The van der Waals surface area contributed by atoms with Gasteiger partial charge in [-0.15, -0.1) is 0 Å². The fourth-order valence-electron chi connectivity index (χ4n) is 5.63. The maximum Gasteiger partial charge on any atom is 0.243 e. The molecule has 0 aliphatic heterocycles. The molecule has 46 heavy (non-hydrogen) atoms. The van der Waals surface area contributed by atoms with Gasteiger partial charge in [0.1, 0.15) is 18.1 Å². The van der Waals surface area contributed by atoms with Crippen molar-refractivity contribution < 1.29 is 19.2 Å². The lowest BCUT2D eigenvalue weighted by atomic mass is 9.89. The van der Waals surface area contributed by atoms with Crippen LogP contribution in [-0.4, -0.2) is 73.9 Å². The molecule has 4 amide bonds. The van der Waals surface area contributed by atoms with Gasteiger partial charge in [-0.1, -0.05) is 49.6 Å². The van der Waals surface area contributed by atoms with Crippen molar-refractivity contribution in [2.24, 2.45) is 33.8 Å². The minimum atomic E-state index is -0.923. The van der Waals surface area contributed by atoms with Crippen LogP contribution in [0.3, 0.4) is 0 Å². The first kappa shape index (κ1) is 38.5. The quantitative estimate of drug-likeness (QED) is 0.0507. The zero-order chi connectivity index (χ0) is 33.6. The van der Waals surface area contributed by atoms with E-state index in [0.717, 1.165) is 31.2 Å². The third-order valence-corrected chi connectivity index (χ3v) is 8.25. The molecule has 0 bridgehead atoms. The second-order valence-electron chi connectivity index (χ2n) is 12.2. The molecule has 1 aliphatic rings. The third-order valence-electron chi connectivity index (χ3n) is 8.25. The van der Waals surface area contributed by atoms with Crippen molar-refractivity contribution in [2.45, 2.75) is 108 Å². The van der Waals surface area contributed by atoms with Crippen LogP contribution in [0.25, 0.3) is 0 Å². The van der Waals surface area contributed by atoms with E-state index in [1.54, 1.807) is 0 Å². The summed E-state index contributed by atoms with van der Waals surface area (Å²) in [6.45, 7) is 1.78. The third kappa shape index (κ3) is 16.0. The molecule has 0 radical (unpaired) electrons. The van der Waals surface area contributed by atoms with Crippen LogP contribution >= 0.6 is 0 Å². The molecule has 1 saturated carbocycles. The summed E-state index contributed by atoms with van der Waals surface area (Å²) in [5.41, 5.74) is 23.1. The van der Waals surface area contributed by atoms with Crippen molar-refractivity contribution in [2.75, 3.05) is 26.2 Å². The van der Waals surface area contributed by atoms with Gasteiger partial charge in [-0.05, 0) is 88.8 Å². The molecule has 13 heteroatoms. The number of carbonyl (C=O) groups is 4. The summed E-state index contributed by atoms with van der Waals surface area (Å²) in [4.78, 5) is 57.4. The van der Waals surface area contributed by atoms with Crippen molar-refractivity contribution in [1.82, 2.24) is 21.3 Å². The maximum absolute atomic E-state index is 13.7. The lowest BCUT2D eigenvalue weighted by molar-refractivity contribution is -0.134. The molecular weight excluding hydrogens is 586 g/mol. The summed E-state index contributed by atoms with van der Waals surface area (Å²) in [5.74, 6) is -1.12. The summed E-state index contributed by atoms with van der Waals surface area (Å²) < 4.78 is 0. The Labute approximate surface area is 273 Å². The molecule has 0 heterocycles. The number of benzene rings is 1. The number of hydrogen-bond acceptors (Lipinski definition) is 7. The van der Waals surface area contributed by atoms with Gasteiger partial charge in [0.25, 0.3) is 0 Å². The number of unbranched alkanes of at least 4 members (excludes halogenated alkanes) is 2. The number of hydrogen-bond donors (Lipinski definition) is 8. The highest BCUT2D eigenvalue weighted by molar-refractivity contribution is 5.94. The van der Waals surface area contributed by atoms with Gasteiger partial charge in [0.2, 0.25) is 23.6 Å². The molecule has 2 rings (SSSR count). The summed E-state index contributed by atoms with van der Waals surface area (Å²) in [5, 5.41) is 11.6. The Kier molecular flexibility index (Phi) is 19.0. The van der Waals surface area contributed by atoms with Gasteiger partial charge in [-0.3, -0.25) is 24.2 Å². The summed E-state index contributed by atoms with van der Waals surface area (Å²) in [7, 11) is 0. The number of nitrogens with zero attached hydrogens (tertiary/aromatic N) is 1. The van der Waals surface area contributed by atoms with Gasteiger partial charge >= 0.3 is 0 Å². The highest BCUT2D eigenvalue weighted by atomic mass is 16.2. The molecular formula is C33H57N9O4. The molecule has 0 unspecified atom stereocenters. The first-order valence-electron chi connectivity index (χ1n) is 16.9. The molecule has 1 aromatic rings. The zero-order valence-electron chi connectivity index (χ0n) is 27.3. The van der Waals surface area contributed by atoms with Crippen LogP contribution < -0.4 is 44.2 Å². The van der Waals surface area contributed by atoms with E-state index in [0.29, 0.717) is 83.5 Å². The first-order chi connectivity index (χ1) is 22.2. The largest absolute Gasteiger partial charge is 0.370 e. The Morgan fingerprint density at radius 2 is 1.26 bits per heavy atom. The summed E-state index contributed by atoms with van der Waals surface area (Å²) >= 11 is 0. The van der Waals surface area contributed by atoms with E-state index in [2.05, 4.69) is 26.3 Å². The molecule has 1 aromatic carbocycles.